The molecule has 3 rings (SSSR count). The zero-order valence-electron chi connectivity index (χ0n) is 11.5. The van der Waals surface area contributed by atoms with Crippen LogP contribution in [0.25, 0.3) is 0 Å². The summed E-state index contributed by atoms with van der Waals surface area (Å²) in [6, 6.07) is 3.91. The monoisotopic (exact) mass is 255 g/mol. The van der Waals surface area contributed by atoms with Gasteiger partial charge in [-0.25, -0.2) is 19.9 Å². The van der Waals surface area contributed by atoms with E-state index in [0.717, 1.165) is 41.9 Å². The maximum atomic E-state index is 4.48. The van der Waals surface area contributed by atoms with Gasteiger partial charge in [-0.3, -0.25) is 0 Å². The Morgan fingerprint density at radius 3 is 2.32 bits per heavy atom. The lowest BCUT2D eigenvalue weighted by molar-refractivity contribution is 0.489. The topological polar surface area (TPSA) is 54.8 Å². The summed E-state index contributed by atoms with van der Waals surface area (Å²) in [7, 11) is 0. The third kappa shape index (κ3) is 2.41. The quantitative estimate of drug-likeness (QED) is 0.819. The van der Waals surface area contributed by atoms with Crippen molar-refractivity contribution in [1.29, 1.82) is 0 Å². The number of aromatic nitrogens is 4. The molecule has 5 nitrogen and oxygen atoms in total. The predicted octanol–water partition coefficient (Wildman–Crippen LogP) is 1.80. The van der Waals surface area contributed by atoms with Gasteiger partial charge < -0.3 is 4.90 Å². The fourth-order valence-corrected chi connectivity index (χ4v) is 2.32. The molecule has 0 bridgehead atoms. The van der Waals surface area contributed by atoms with Gasteiger partial charge in [-0.15, -0.1) is 0 Å². The fraction of sp³-hybridized carbons (Fsp3) is 0.429. The van der Waals surface area contributed by atoms with E-state index < -0.39 is 0 Å². The smallest absolute Gasteiger partial charge is 0.225 e. The van der Waals surface area contributed by atoms with Crippen LogP contribution in [0.15, 0.2) is 18.3 Å². The van der Waals surface area contributed by atoms with Crippen LogP contribution in [-0.4, -0.2) is 33.0 Å². The van der Waals surface area contributed by atoms with E-state index in [4.69, 9.17) is 0 Å². The van der Waals surface area contributed by atoms with Crippen molar-refractivity contribution in [2.75, 3.05) is 18.0 Å². The summed E-state index contributed by atoms with van der Waals surface area (Å²) in [5.41, 5.74) is 3.04. The summed E-state index contributed by atoms with van der Waals surface area (Å²) in [6.45, 7) is 7.78. The zero-order valence-corrected chi connectivity index (χ0v) is 11.5. The van der Waals surface area contributed by atoms with Gasteiger partial charge >= 0.3 is 0 Å². The number of hydrogen-bond donors (Lipinski definition) is 0. The first kappa shape index (κ1) is 12.0. The van der Waals surface area contributed by atoms with Crippen LogP contribution in [0.2, 0.25) is 0 Å². The Kier molecular flexibility index (Phi) is 2.89. The number of nitrogens with zero attached hydrogens (tertiary/aromatic N) is 5. The molecule has 0 radical (unpaired) electrons. The molecule has 0 N–H and O–H groups in total. The minimum Gasteiger partial charge on any atom is -0.339 e. The second kappa shape index (κ2) is 4.57. The number of aryl methyl sites for hydroxylation is 3. The molecule has 0 saturated carbocycles. The van der Waals surface area contributed by atoms with Crippen LogP contribution in [0.5, 0.6) is 0 Å². The van der Waals surface area contributed by atoms with Crippen molar-refractivity contribution in [3.63, 3.8) is 0 Å². The molecule has 1 saturated heterocycles. The lowest BCUT2D eigenvalue weighted by Gasteiger charge is -2.38. The number of hydrogen-bond acceptors (Lipinski definition) is 5. The van der Waals surface area contributed by atoms with Gasteiger partial charge in [0, 0.05) is 36.4 Å². The molecular weight excluding hydrogens is 238 g/mol. The normalized spacial score (nSPS) is 15.4. The van der Waals surface area contributed by atoms with Gasteiger partial charge in [0.25, 0.3) is 0 Å². The molecule has 0 unspecified atom stereocenters. The van der Waals surface area contributed by atoms with E-state index >= 15 is 0 Å². The van der Waals surface area contributed by atoms with Crippen LogP contribution < -0.4 is 4.90 Å². The van der Waals surface area contributed by atoms with Gasteiger partial charge in [-0.05, 0) is 32.9 Å². The molecular formula is C14H17N5. The van der Waals surface area contributed by atoms with Crippen LogP contribution >= 0.6 is 0 Å². The van der Waals surface area contributed by atoms with Crippen LogP contribution in [-0.2, 0) is 0 Å². The van der Waals surface area contributed by atoms with E-state index in [1.807, 2.05) is 39.1 Å². The Balaban J connectivity index is 1.73. The van der Waals surface area contributed by atoms with Gasteiger partial charge in [0.15, 0.2) is 0 Å². The van der Waals surface area contributed by atoms with Crippen molar-refractivity contribution >= 4 is 5.95 Å². The zero-order chi connectivity index (χ0) is 13.4. The second-order valence-corrected chi connectivity index (χ2v) is 5.11. The lowest BCUT2D eigenvalue weighted by atomic mass is 10.00. The molecule has 2 aromatic rings. The fourth-order valence-electron chi connectivity index (χ4n) is 2.32. The molecule has 0 aliphatic carbocycles. The standard InChI is InChI=1S/C14H17N5/c1-9-4-5-15-13(16-9)12-7-19(8-12)14-17-10(2)6-11(3)18-14/h4-6,12H,7-8H2,1-3H3. The highest BCUT2D eigenvalue weighted by molar-refractivity contribution is 5.38. The molecule has 19 heavy (non-hydrogen) atoms. The van der Waals surface area contributed by atoms with E-state index in [1.54, 1.807) is 0 Å². The van der Waals surface area contributed by atoms with Crippen molar-refractivity contribution < 1.29 is 0 Å². The van der Waals surface area contributed by atoms with E-state index in [-0.39, 0.29) is 0 Å². The molecule has 1 aliphatic rings. The summed E-state index contributed by atoms with van der Waals surface area (Å²) in [4.78, 5) is 20.0. The van der Waals surface area contributed by atoms with E-state index in [0.29, 0.717) is 5.92 Å². The highest BCUT2D eigenvalue weighted by Gasteiger charge is 2.32. The molecule has 0 spiro atoms. The van der Waals surface area contributed by atoms with Gasteiger partial charge in [0.1, 0.15) is 5.82 Å². The van der Waals surface area contributed by atoms with Gasteiger partial charge in [-0.1, -0.05) is 0 Å². The first-order valence-electron chi connectivity index (χ1n) is 6.48. The van der Waals surface area contributed by atoms with Crippen molar-refractivity contribution in [3.8, 4) is 0 Å². The van der Waals surface area contributed by atoms with Crippen LogP contribution in [0, 0.1) is 20.8 Å². The molecule has 1 aliphatic heterocycles. The average molecular weight is 255 g/mol. The third-order valence-corrected chi connectivity index (χ3v) is 3.31. The van der Waals surface area contributed by atoms with E-state index in [2.05, 4.69) is 24.8 Å². The van der Waals surface area contributed by atoms with E-state index in [9.17, 15) is 0 Å². The van der Waals surface area contributed by atoms with Gasteiger partial charge in [0.2, 0.25) is 5.95 Å². The first-order chi connectivity index (χ1) is 9.11. The summed E-state index contributed by atoms with van der Waals surface area (Å²) in [5, 5.41) is 0. The molecule has 1 fully saturated rings. The van der Waals surface area contributed by atoms with E-state index in [1.165, 1.54) is 0 Å². The second-order valence-electron chi connectivity index (χ2n) is 5.11. The molecule has 3 heterocycles. The minimum atomic E-state index is 0.393. The highest BCUT2D eigenvalue weighted by atomic mass is 15.3. The Morgan fingerprint density at radius 2 is 1.68 bits per heavy atom. The maximum Gasteiger partial charge on any atom is 0.225 e. The highest BCUT2D eigenvalue weighted by Crippen LogP contribution is 2.27. The van der Waals surface area contributed by atoms with Crippen LogP contribution in [0.1, 0.15) is 28.8 Å². The Labute approximate surface area is 112 Å². The molecule has 5 heteroatoms. The average Bonchev–Trinajstić information content (AvgIpc) is 2.25. The summed E-state index contributed by atoms with van der Waals surface area (Å²) < 4.78 is 0. The van der Waals surface area contributed by atoms with Crippen molar-refractivity contribution in [2.45, 2.75) is 26.7 Å². The predicted molar refractivity (Wildman–Crippen MR) is 73.2 cm³/mol. The Bertz CT molecular complexity index is 584. The SMILES string of the molecule is Cc1ccnc(C2CN(c3nc(C)cc(C)n3)C2)n1. The molecule has 0 atom stereocenters. The summed E-state index contributed by atoms with van der Waals surface area (Å²) >= 11 is 0. The largest absolute Gasteiger partial charge is 0.339 e. The van der Waals surface area contributed by atoms with Crippen molar-refractivity contribution in [3.05, 3.63) is 41.2 Å². The lowest BCUT2D eigenvalue weighted by Crippen LogP contribution is -2.46. The maximum absolute atomic E-state index is 4.48. The van der Waals surface area contributed by atoms with Crippen molar-refractivity contribution in [2.24, 2.45) is 0 Å². The Morgan fingerprint density at radius 1 is 1.00 bits per heavy atom. The third-order valence-electron chi connectivity index (χ3n) is 3.31. The number of rotatable bonds is 2. The molecule has 98 valence electrons. The van der Waals surface area contributed by atoms with Crippen LogP contribution in [0.4, 0.5) is 5.95 Å². The van der Waals surface area contributed by atoms with Crippen LogP contribution in [0.3, 0.4) is 0 Å². The van der Waals surface area contributed by atoms with Gasteiger partial charge in [0.05, 0.1) is 5.92 Å². The summed E-state index contributed by atoms with van der Waals surface area (Å²) in [5.74, 6) is 2.14. The molecule has 0 aromatic carbocycles. The summed E-state index contributed by atoms with van der Waals surface area (Å²) in [6.07, 6.45) is 1.83. The molecule has 0 amide bonds. The first-order valence-corrected chi connectivity index (χ1v) is 6.48. The Hall–Kier alpha value is -2.04. The minimum absolute atomic E-state index is 0.393. The molecule has 2 aromatic heterocycles. The van der Waals surface area contributed by atoms with Gasteiger partial charge in [-0.2, -0.15) is 0 Å². The number of anilines is 1. The van der Waals surface area contributed by atoms with Crippen molar-refractivity contribution in [1.82, 2.24) is 19.9 Å².